The molecule has 1 aromatic rings. The summed E-state index contributed by atoms with van der Waals surface area (Å²) in [5.74, 6) is 0.169. The summed E-state index contributed by atoms with van der Waals surface area (Å²) in [4.78, 5) is 4.32. The van der Waals surface area contributed by atoms with E-state index in [1.165, 1.54) is 0 Å². The molecule has 19 heavy (non-hydrogen) atoms. The van der Waals surface area contributed by atoms with Crippen LogP contribution in [0.25, 0.3) is 0 Å². The predicted molar refractivity (Wildman–Crippen MR) is 85.2 cm³/mol. The summed E-state index contributed by atoms with van der Waals surface area (Å²) < 4.78 is 6.20. The number of nitrogens with zero attached hydrogens (tertiary/aromatic N) is 1. The van der Waals surface area contributed by atoms with Gasteiger partial charge in [0.15, 0.2) is 8.32 Å². The number of hydrogen-bond acceptors (Lipinski definition) is 3. The molecule has 2 N–H and O–H groups in total. The molecule has 1 rings (SSSR count). The largest absolute Gasteiger partial charge is 0.416 e. The van der Waals surface area contributed by atoms with E-state index in [0.717, 1.165) is 5.69 Å². The van der Waals surface area contributed by atoms with Crippen LogP contribution in [0.15, 0.2) is 12.3 Å². The van der Waals surface area contributed by atoms with Crippen LogP contribution in [0.2, 0.25) is 23.2 Å². The first-order valence-electron chi connectivity index (χ1n) is 6.59. The topological polar surface area (TPSA) is 48.1 Å². The van der Waals surface area contributed by atoms with E-state index in [-0.39, 0.29) is 11.0 Å². The van der Waals surface area contributed by atoms with Crippen LogP contribution in [-0.4, -0.2) is 19.9 Å². The molecule has 0 radical (unpaired) electrons. The average molecular weight is 301 g/mol. The van der Waals surface area contributed by atoms with E-state index in [4.69, 9.17) is 21.8 Å². The number of halogens is 1. The standard InChI is InChI=1S/C14H25ClN2OSi/c1-10(9-18-19(5,6)14(2,3)4)13-12(15)7-11(16)8-17-13/h7-8,10H,9,16H2,1-6H3. The third-order valence-electron chi connectivity index (χ3n) is 3.86. The minimum Gasteiger partial charge on any atom is -0.416 e. The summed E-state index contributed by atoms with van der Waals surface area (Å²) in [6, 6.07) is 1.74. The number of nitrogen functional groups attached to an aromatic ring is 1. The van der Waals surface area contributed by atoms with Crippen molar-refractivity contribution in [2.75, 3.05) is 12.3 Å². The number of anilines is 1. The van der Waals surface area contributed by atoms with Crippen molar-refractivity contribution in [3.8, 4) is 0 Å². The van der Waals surface area contributed by atoms with Crippen LogP contribution >= 0.6 is 11.6 Å². The van der Waals surface area contributed by atoms with Gasteiger partial charge in [-0.1, -0.05) is 39.3 Å². The Balaban J connectivity index is 2.73. The first kappa shape index (κ1) is 16.5. The van der Waals surface area contributed by atoms with Gasteiger partial charge in [-0.3, -0.25) is 4.98 Å². The zero-order valence-electron chi connectivity index (χ0n) is 12.7. The molecule has 0 amide bonds. The summed E-state index contributed by atoms with van der Waals surface area (Å²) in [7, 11) is -1.72. The highest BCUT2D eigenvalue weighted by atomic mass is 35.5. The summed E-state index contributed by atoms with van der Waals surface area (Å²) >= 11 is 6.18. The van der Waals surface area contributed by atoms with Crippen LogP contribution in [0, 0.1) is 0 Å². The molecule has 3 nitrogen and oxygen atoms in total. The second kappa shape index (κ2) is 5.81. The highest BCUT2D eigenvalue weighted by Crippen LogP contribution is 2.37. The lowest BCUT2D eigenvalue weighted by Crippen LogP contribution is -2.41. The van der Waals surface area contributed by atoms with Crippen LogP contribution in [-0.2, 0) is 4.43 Å². The van der Waals surface area contributed by atoms with Crippen molar-refractivity contribution in [2.45, 2.75) is 51.7 Å². The Morgan fingerprint density at radius 3 is 2.47 bits per heavy atom. The maximum absolute atomic E-state index is 6.20. The smallest absolute Gasteiger partial charge is 0.192 e. The molecule has 5 heteroatoms. The van der Waals surface area contributed by atoms with Crippen molar-refractivity contribution in [2.24, 2.45) is 0 Å². The lowest BCUT2D eigenvalue weighted by atomic mass is 10.1. The SMILES string of the molecule is CC(CO[Si](C)(C)C(C)(C)C)c1ncc(N)cc1Cl. The van der Waals surface area contributed by atoms with Gasteiger partial charge in [0.05, 0.1) is 22.6 Å². The number of rotatable bonds is 4. The molecule has 108 valence electrons. The molecule has 0 saturated heterocycles. The van der Waals surface area contributed by atoms with Gasteiger partial charge in [0, 0.05) is 12.5 Å². The van der Waals surface area contributed by atoms with E-state index >= 15 is 0 Å². The Labute approximate surface area is 122 Å². The van der Waals surface area contributed by atoms with Crippen molar-refractivity contribution in [1.29, 1.82) is 0 Å². The first-order chi connectivity index (χ1) is 8.54. The van der Waals surface area contributed by atoms with Gasteiger partial charge >= 0.3 is 0 Å². The summed E-state index contributed by atoms with van der Waals surface area (Å²) in [5.41, 5.74) is 7.10. The fourth-order valence-electron chi connectivity index (χ4n) is 1.45. The van der Waals surface area contributed by atoms with Crippen LogP contribution in [0.1, 0.15) is 39.3 Å². The third kappa shape index (κ3) is 4.19. The molecule has 1 unspecified atom stereocenters. The lowest BCUT2D eigenvalue weighted by molar-refractivity contribution is 0.267. The van der Waals surface area contributed by atoms with E-state index in [9.17, 15) is 0 Å². The summed E-state index contributed by atoms with van der Waals surface area (Å²) in [6.07, 6.45) is 1.64. The molecule has 0 saturated carbocycles. The molecular weight excluding hydrogens is 276 g/mol. The van der Waals surface area contributed by atoms with Gasteiger partial charge in [0.2, 0.25) is 0 Å². The number of pyridine rings is 1. The second-order valence-electron chi connectivity index (χ2n) is 6.61. The quantitative estimate of drug-likeness (QED) is 0.836. The average Bonchev–Trinajstić information content (AvgIpc) is 2.24. The fraction of sp³-hybridized carbons (Fsp3) is 0.643. The van der Waals surface area contributed by atoms with E-state index in [0.29, 0.717) is 17.3 Å². The Bertz CT molecular complexity index is 444. The molecule has 0 aliphatic carbocycles. The first-order valence-corrected chi connectivity index (χ1v) is 9.88. The Morgan fingerprint density at radius 1 is 1.42 bits per heavy atom. The highest BCUT2D eigenvalue weighted by Gasteiger charge is 2.37. The molecule has 0 aliphatic heterocycles. The summed E-state index contributed by atoms with van der Waals surface area (Å²) in [5, 5.41) is 0.830. The zero-order valence-corrected chi connectivity index (χ0v) is 14.5. The fourth-order valence-corrected chi connectivity index (χ4v) is 2.92. The Kier molecular flexibility index (Phi) is 5.04. The number of aromatic nitrogens is 1. The molecule has 1 aromatic heterocycles. The molecule has 0 bridgehead atoms. The van der Waals surface area contributed by atoms with Crippen LogP contribution < -0.4 is 5.73 Å². The van der Waals surface area contributed by atoms with Gasteiger partial charge in [-0.15, -0.1) is 0 Å². The van der Waals surface area contributed by atoms with Crippen LogP contribution in [0.3, 0.4) is 0 Å². The van der Waals surface area contributed by atoms with E-state index in [1.54, 1.807) is 12.3 Å². The van der Waals surface area contributed by atoms with Crippen molar-refractivity contribution in [3.05, 3.63) is 23.0 Å². The van der Waals surface area contributed by atoms with Crippen molar-refractivity contribution >= 4 is 25.6 Å². The normalized spacial score (nSPS) is 14.5. The highest BCUT2D eigenvalue weighted by molar-refractivity contribution is 6.74. The molecule has 1 heterocycles. The third-order valence-corrected chi connectivity index (χ3v) is 8.66. The molecule has 0 spiro atoms. The molecular formula is C14H25ClN2OSi. The second-order valence-corrected chi connectivity index (χ2v) is 11.8. The maximum atomic E-state index is 6.20. The minimum absolute atomic E-state index is 0.169. The van der Waals surface area contributed by atoms with Gasteiger partial charge in [0.25, 0.3) is 0 Å². The Morgan fingerprint density at radius 2 is 2.00 bits per heavy atom. The Hall–Kier alpha value is -0.583. The van der Waals surface area contributed by atoms with E-state index < -0.39 is 8.32 Å². The van der Waals surface area contributed by atoms with Gasteiger partial charge in [-0.2, -0.15) is 0 Å². The van der Waals surface area contributed by atoms with Crippen molar-refractivity contribution < 1.29 is 4.43 Å². The van der Waals surface area contributed by atoms with Gasteiger partial charge in [-0.25, -0.2) is 0 Å². The lowest BCUT2D eigenvalue weighted by Gasteiger charge is -2.37. The van der Waals surface area contributed by atoms with E-state index in [2.05, 4.69) is 45.8 Å². The van der Waals surface area contributed by atoms with Crippen LogP contribution in [0.5, 0.6) is 0 Å². The molecule has 0 aromatic carbocycles. The molecule has 0 fully saturated rings. The number of hydrogen-bond donors (Lipinski definition) is 1. The van der Waals surface area contributed by atoms with E-state index in [1.807, 2.05) is 0 Å². The van der Waals surface area contributed by atoms with Gasteiger partial charge in [-0.05, 0) is 24.2 Å². The predicted octanol–water partition coefficient (Wildman–Crippen LogP) is 4.44. The van der Waals surface area contributed by atoms with Crippen LogP contribution in [0.4, 0.5) is 5.69 Å². The monoisotopic (exact) mass is 300 g/mol. The molecule has 1 atom stereocenters. The molecule has 0 aliphatic rings. The van der Waals surface area contributed by atoms with Gasteiger partial charge < -0.3 is 10.2 Å². The maximum Gasteiger partial charge on any atom is 0.192 e. The minimum atomic E-state index is -1.72. The van der Waals surface area contributed by atoms with Gasteiger partial charge in [0.1, 0.15) is 0 Å². The summed E-state index contributed by atoms with van der Waals surface area (Å²) in [6.45, 7) is 13.9. The van der Waals surface area contributed by atoms with Crippen molar-refractivity contribution in [1.82, 2.24) is 4.98 Å². The zero-order chi connectivity index (χ0) is 14.8. The van der Waals surface area contributed by atoms with Crippen molar-refractivity contribution in [3.63, 3.8) is 0 Å². The number of nitrogens with two attached hydrogens (primary N) is 1.